The third kappa shape index (κ3) is 3.54. The average molecular weight is 511 g/mol. The highest BCUT2D eigenvalue weighted by atomic mass is 19.1. The molecule has 2 aliphatic rings. The Bertz CT molecular complexity index is 1720. The molecule has 10 nitrogen and oxygen atoms in total. The van der Waals surface area contributed by atoms with Gasteiger partial charge in [0.1, 0.15) is 28.9 Å². The number of pyridine rings is 1. The van der Waals surface area contributed by atoms with Crippen molar-refractivity contribution in [1.82, 2.24) is 20.5 Å². The van der Waals surface area contributed by atoms with Crippen LogP contribution in [0.4, 0.5) is 9.18 Å². The number of benzene rings is 2. The molecule has 0 bridgehead atoms. The van der Waals surface area contributed by atoms with Crippen molar-refractivity contribution >= 4 is 28.9 Å². The van der Waals surface area contributed by atoms with E-state index in [1.807, 2.05) is 0 Å². The molecule has 0 radical (unpaired) electrons. The second-order valence-electron chi connectivity index (χ2n) is 8.99. The summed E-state index contributed by atoms with van der Waals surface area (Å²) in [5.41, 5.74) is 1.09. The molecule has 6 rings (SSSR count). The summed E-state index contributed by atoms with van der Waals surface area (Å²) in [5, 5.41) is 14.0. The molecule has 11 heteroatoms. The van der Waals surface area contributed by atoms with E-state index in [2.05, 4.69) is 15.6 Å². The maximum absolute atomic E-state index is 13.8. The number of imide groups is 1. The van der Waals surface area contributed by atoms with Crippen LogP contribution in [-0.2, 0) is 16.9 Å². The number of furan rings is 1. The summed E-state index contributed by atoms with van der Waals surface area (Å²) in [7, 11) is 1.51. The number of urea groups is 1. The predicted octanol–water partition coefficient (Wildman–Crippen LogP) is 3.20. The minimum Gasteiger partial charge on any atom is -0.497 e. The van der Waals surface area contributed by atoms with Crippen LogP contribution in [0, 0.1) is 17.1 Å². The highest BCUT2D eigenvalue weighted by Gasteiger charge is 2.53. The smallest absolute Gasteiger partial charge is 0.322 e. The van der Waals surface area contributed by atoms with Gasteiger partial charge in [-0.05, 0) is 48.0 Å². The summed E-state index contributed by atoms with van der Waals surface area (Å²) in [6.07, 6.45) is 0. The molecule has 4 heterocycles. The molecular weight excluding hydrogens is 493 g/mol. The zero-order chi connectivity index (χ0) is 26.6. The van der Waals surface area contributed by atoms with Crippen molar-refractivity contribution in [3.05, 3.63) is 82.9 Å². The number of ether oxygens (including phenoxy) is 1. The number of hydrogen-bond acceptors (Lipinski definition) is 7. The third-order valence-electron chi connectivity index (χ3n) is 6.74. The number of methoxy groups -OCH3 is 1. The molecule has 2 aromatic carbocycles. The molecule has 2 aliphatic heterocycles. The topological polar surface area (TPSA) is 138 Å². The second kappa shape index (κ2) is 8.41. The van der Waals surface area contributed by atoms with Crippen LogP contribution in [0.3, 0.4) is 0 Å². The number of nitriles is 1. The van der Waals surface area contributed by atoms with Crippen LogP contribution in [0.5, 0.6) is 5.75 Å². The molecule has 1 atom stereocenters. The van der Waals surface area contributed by atoms with Gasteiger partial charge in [-0.25, -0.2) is 14.2 Å². The van der Waals surface area contributed by atoms with E-state index >= 15 is 0 Å². The van der Waals surface area contributed by atoms with E-state index in [0.29, 0.717) is 33.7 Å². The fourth-order valence-corrected chi connectivity index (χ4v) is 4.80. The standard InChI is InChI=1S/C27H18FN5O5/c1-37-17-4-2-15-12-33(24(34)18(15)9-17)13-27(25(35)31-26(36)32-27)23-10-21-22(38-23)7-6-20(30-21)14-3-5-19(28)16(8-14)11-29/h2-10H,12-13H2,1H3,(H2,31,32,35,36). The van der Waals surface area contributed by atoms with Crippen molar-refractivity contribution in [3.63, 3.8) is 0 Å². The van der Waals surface area contributed by atoms with Gasteiger partial charge in [-0.15, -0.1) is 0 Å². The van der Waals surface area contributed by atoms with Crippen molar-refractivity contribution in [2.24, 2.45) is 0 Å². The molecule has 4 aromatic rings. The van der Waals surface area contributed by atoms with E-state index < -0.39 is 23.3 Å². The number of fused-ring (bicyclic) bond motifs is 2. The lowest BCUT2D eigenvalue weighted by atomic mass is 9.95. The van der Waals surface area contributed by atoms with Gasteiger partial charge in [-0.3, -0.25) is 14.9 Å². The van der Waals surface area contributed by atoms with Gasteiger partial charge in [0.15, 0.2) is 11.1 Å². The number of amides is 4. The highest BCUT2D eigenvalue weighted by molar-refractivity contribution is 6.08. The minimum absolute atomic E-state index is 0.0960. The van der Waals surface area contributed by atoms with Gasteiger partial charge in [0.25, 0.3) is 11.8 Å². The number of nitrogens with zero attached hydrogens (tertiary/aromatic N) is 3. The van der Waals surface area contributed by atoms with Crippen LogP contribution in [-0.4, -0.2) is 41.4 Å². The molecule has 2 N–H and O–H groups in total. The van der Waals surface area contributed by atoms with Crippen LogP contribution in [0.25, 0.3) is 22.4 Å². The lowest BCUT2D eigenvalue weighted by molar-refractivity contribution is -0.125. The third-order valence-corrected chi connectivity index (χ3v) is 6.74. The first-order valence-corrected chi connectivity index (χ1v) is 11.5. The molecule has 1 fully saturated rings. The van der Waals surface area contributed by atoms with Gasteiger partial charge < -0.3 is 19.4 Å². The maximum atomic E-state index is 13.8. The second-order valence-corrected chi connectivity index (χ2v) is 8.99. The van der Waals surface area contributed by atoms with E-state index in [1.54, 1.807) is 36.4 Å². The first-order chi connectivity index (χ1) is 18.3. The average Bonchev–Trinajstić information content (AvgIpc) is 3.57. The molecule has 0 aliphatic carbocycles. The van der Waals surface area contributed by atoms with Crippen molar-refractivity contribution in [2.45, 2.75) is 12.1 Å². The molecule has 188 valence electrons. The van der Waals surface area contributed by atoms with E-state index in [9.17, 15) is 18.8 Å². The van der Waals surface area contributed by atoms with Crippen LogP contribution in [0.2, 0.25) is 0 Å². The fraction of sp³-hybridized carbons (Fsp3) is 0.148. The van der Waals surface area contributed by atoms with Crippen LogP contribution in [0.1, 0.15) is 27.2 Å². The number of rotatable bonds is 5. The Hall–Kier alpha value is -5.24. The zero-order valence-corrected chi connectivity index (χ0v) is 19.9. The summed E-state index contributed by atoms with van der Waals surface area (Å²) in [5.74, 6) is -0.986. The lowest BCUT2D eigenvalue weighted by Crippen LogP contribution is -2.52. The highest BCUT2D eigenvalue weighted by Crippen LogP contribution is 2.35. The van der Waals surface area contributed by atoms with Crippen LogP contribution < -0.4 is 15.4 Å². The quantitative estimate of drug-likeness (QED) is 0.393. The van der Waals surface area contributed by atoms with Gasteiger partial charge >= 0.3 is 6.03 Å². The Morgan fingerprint density at radius 3 is 2.74 bits per heavy atom. The van der Waals surface area contributed by atoms with Gasteiger partial charge in [0.05, 0.1) is 24.9 Å². The van der Waals surface area contributed by atoms with E-state index in [0.717, 1.165) is 5.56 Å². The summed E-state index contributed by atoms with van der Waals surface area (Å²) in [4.78, 5) is 44.6. The lowest BCUT2D eigenvalue weighted by Gasteiger charge is -2.28. The van der Waals surface area contributed by atoms with Crippen molar-refractivity contribution in [2.75, 3.05) is 13.7 Å². The van der Waals surface area contributed by atoms with Crippen LogP contribution >= 0.6 is 0 Å². The van der Waals surface area contributed by atoms with Crippen molar-refractivity contribution in [3.8, 4) is 23.1 Å². The van der Waals surface area contributed by atoms with Gasteiger partial charge in [-0.1, -0.05) is 6.07 Å². The molecular formula is C27H18FN5O5. The molecule has 38 heavy (non-hydrogen) atoms. The first-order valence-electron chi connectivity index (χ1n) is 11.5. The molecule has 0 spiro atoms. The number of carbonyl (C=O) groups is 3. The summed E-state index contributed by atoms with van der Waals surface area (Å²) in [6, 6.07) is 15.1. The van der Waals surface area contributed by atoms with Crippen molar-refractivity contribution < 1.29 is 27.9 Å². The number of carbonyl (C=O) groups excluding carboxylic acids is 3. The minimum atomic E-state index is -1.69. The zero-order valence-electron chi connectivity index (χ0n) is 19.9. The van der Waals surface area contributed by atoms with E-state index in [4.69, 9.17) is 14.4 Å². The molecule has 4 amide bonds. The van der Waals surface area contributed by atoms with Crippen LogP contribution in [0.15, 0.2) is 59.0 Å². The molecule has 0 saturated carbocycles. The van der Waals surface area contributed by atoms with E-state index in [1.165, 1.54) is 36.3 Å². The summed E-state index contributed by atoms with van der Waals surface area (Å²) >= 11 is 0. The van der Waals surface area contributed by atoms with Gasteiger partial charge in [0.2, 0.25) is 0 Å². The Morgan fingerprint density at radius 1 is 1.16 bits per heavy atom. The van der Waals surface area contributed by atoms with Crippen molar-refractivity contribution in [1.29, 1.82) is 5.26 Å². The molecule has 2 aromatic heterocycles. The fourth-order valence-electron chi connectivity index (χ4n) is 4.80. The molecule has 1 unspecified atom stereocenters. The Balaban J connectivity index is 1.38. The number of halogens is 1. The Morgan fingerprint density at radius 2 is 2.00 bits per heavy atom. The predicted molar refractivity (Wildman–Crippen MR) is 130 cm³/mol. The Kier molecular flexibility index (Phi) is 5.13. The maximum Gasteiger partial charge on any atom is 0.322 e. The number of hydrogen-bond donors (Lipinski definition) is 2. The van der Waals surface area contributed by atoms with E-state index in [-0.39, 0.29) is 30.3 Å². The Labute approximate surface area is 214 Å². The largest absolute Gasteiger partial charge is 0.497 e. The monoisotopic (exact) mass is 511 g/mol. The van der Waals surface area contributed by atoms with Gasteiger partial charge in [0, 0.05) is 23.7 Å². The first kappa shape index (κ1) is 23.2. The molecule has 1 saturated heterocycles. The SMILES string of the molecule is COc1ccc2c(c1)C(=O)N(CC1(c3cc4nc(-c5ccc(F)c(C#N)c5)ccc4o3)NC(=O)NC1=O)C2. The normalized spacial score (nSPS) is 18.3. The summed E-state index contributed by atoms with van der Waals surface area (Å²) < 4.78 is 25.0. The number of nitrogens with one attached hydrogen (secondary N) is 2. The number of aromatic nitrogens is 1. The van der Waals surface area contributed by atoms with Gasteiger partial charge in [-0.2, -0.15) is 5.26 Å². The summed E-state index contributed by atoms with van der Waals surface area (Å²) in [6.45, 7) is 0.0497.